The van der Waals surface area contributed by atoms with Crippen molar-refractivity contribution in [3.8, 4) is 5.75 Å². The molecule has 132 valence electrons. The van der Waals surface area contributed by atoms with E-state index in [2.05, 4.69) is 15.4 Å². The highest BCUT2D eigenvalue weighted by Crippen LogP contribution is 2.58. The molecule has 3 rings (SSSR count). The zero-order valence-corrected chi connectivity index (χ0v) is 13.3. The third kappa shape index (κ3) is 4.20. The zero-order chi connectivity index (χ0) is 17.2. The van der Waals surface area contributed by atoms with Crippen molar-refractivity contribution in [1.29, 1.82) is 0 Å². The van der Waals surface area contributed by atoms with Crippen molar-refractivity contribution < 1.29 is 22.7 Å². The third-order valence-electron chi connectivity index (χ3n) is 4.90. The van der Waals surface area contributed by atoms with E-state index in [0.717, 1.165) is 37.9 Å². The molecule has 1 aromatic rings. The van der Waals surface area contributed by atoms with Crippen LogP contribution in [0, 0.1) is 11.3 Å². The summed E-state index contributed by atoms with van der Waals surface area (Å²) in [7, 11) is 0. The molecule has 0 radical (unpaired) electrons. The molecule has 1 heterocycles. The Morgan fingerprint density at radius 1 is 1.25 bits per heavy atom. The Morgan fingerprint density at radius 3 is 2.54 bits per heavy atom. The van der Waals surface area contributed by atoms with E-state index in [9.17, 15) is 18.0 Å². The summed E-state index contributed by atoms with van der Waals surface area (Å²) in [5.74, 6) is 0.349. The molecule has 1 atom stereocenters. The minimum Gasteiger partial charge on any atom is -0.484 e. The minimum atomic E-state index is -4.35. The molecule has 1 aliphatic carbocycles. The van der Waals surface area contributed by atoms with Crippen LogP contribution in [0.4, 0.5) is 13.2 Å². The van der Waals surface area contributed by atoms with Crippen LogP contribution in [0.1, 0.15) is 24.8 Å². The second-order valence-electron chi connectivity index (χ2n) is 6.63. The smallest absolute Gasteiger partial charge is 0.422 e. The van der Waals surface area contributed by atoms with Gasteiger partial charge in [0.2, 0.25) is 5.91 Å². The van der Waals surface area contributed by atoms with Gasteiger partial charge in [-0.1, -0.05) is 12.1 Å². The molecule has 1 amide bonds. The van der Waals surface area contributed by atoms with E-state index in [1.54, 1.807) is 12.1 Å². The number of benzene rings is 1. The lowest BCUT2D eigenvalue weighted by Crippen LogP contribution is -2.33. The van der Waals surface area contributed by atoms with Gasteiger partial charge in [-0.3, -0.25) is 4.79 Å². The quantitative estimate of drug-likeness (QED) is 0.865. The van der Waals surface area contributed by atoms with Gasteiger partial charge in [0.05, 0.1) is 0 Å². The molecule has 1 saturated heterocycles. The molecule has 1 spiro atoms. The highest BCUT2D eigenvalue weighted by atomic mass is 19.4. The minimum absolute atomic E-state index is 0.0781. The second-order valence-corrected chi connectivity index (χ2v) is 6.63. The maximum atomic E-state index is 12.3. The normalized spacial score (nSPS) is 22.2. The van der Waals surface area contributed by atoms with Crippen molar-refractivity contribution in [2.24, 2.45) is 11.3 Å². The van der Waals surface area contributed by atoms with E-state index >= 15 is 0 Å². The molecule has 0 bridgehead atoms. The average Bonchev–Trinajstić information content (AvgIpc) is 3.25. The number of nitrogens with one attached hydrogen (secondary N) is 2. The number of rotatable bonds is 5. The molecule has 0 aromatic heterocycles. The molecule has 4 nitrogen and oxygen atoms in total. The summed E-state index contributed by atoms with van der Waals surface area (Å²) in [6, 6.07) is 6.30. The first-order valence-corrected chi connectivity index (χ1v) is 8.15. The summed E-state index contributed by atoms with van der Waals surface area (Å²) in [5.41, 5.74) is 1.03. The van der Waals surface area contributed by atoms with Gasteiger partial charge in [0.1, 0.15) is 5.75 Å². The van der Waals surface area contributed by atoms with Crippen LogP contribution in [-0.2, 0) is 11.3 Å². The first-order valence-electron chi connectivity index (χ1n) is 8.15. The zero-order valence-electron chi connectivity index (χ0n) is 13.3. The summed E-state index contributed by atoms with van der Waals surface area (Å²) >= 11 is 0. The molecule has 24 heavy (non-hydrogen) atoms. The fourth-order valence-corrected chi connectivity index (χ4v) is 3.38. The Balaban J connectivity index is 1.44. The maximum Gasteiger partial charge on any atom is 0.422 e. The van der Waals surface area contributed by atoms with E-state index in [-0.39, 0.29) is 23.0 Å². The van der Waals surface area contributed by atoms with Crippen LogP contribution in [0.25, 0.3) is 0 Å². The Morgan fingerprint density at radius 2 is 1.92 bits per heavy atom. The molecule has 2 N–H and O–H groups in total. The van der Waals surface area contributed by atoms with Gasteiger partial charge in [-0.05, 0) is 55.5 Å². The lowest BCUT2D eigenvalue weighted by atomic mass is 9.92. The van der Waals surface area contributed by atoms with E-state index < -0.39 is 12.8 Å². The largest absolute Gasteiger partial charge is 0.484 e. The van der Waals surface area contributed by atoms with Gasteiger partial charge in [0.15, 0.2) is 6.61 Å². The number of alkyl halides is 3. The molecule has 7 heteroatoms. The van der Waals surface area contributed by atoms with Crippen LogP contribution in [0.2, 0.25) is 0 Å². The van der Waals surface area contributed by atoms with Crippen molar-refractivity contribution in [2.75, 3.05) is 19.7 Å². The predicted octanol–water partition coefficient (Wildman–Crippen LogP) is 2.63. The van der Waals surface area contributed by atoms with E-state index in [4.69, 9.17) is 0 Å². The third-order valence-corrected chi connectivity index (χ3v) is 4.90. The van der Waals surface area contributed by atoms with Crippen LogP contribution in [0.3, 0.4) is 0 Å². The summed E-state index contributed by atoms with van der Waals surface area (Å²) in [4.78, 5) is 12.3. The summed E-state index contributed by atoms with van der Waals surface area (Å²) < 4.78 is 40.9. The number of ether oxygens (including phenoxy) is 1. The molecule has 1 saturated carbocycles. The van der Waals surface area contributed by atoms with Crippen LogP contribution < -0.4 is 15.4 Å². The molecular formula is C17H21F3N2O2. The van der Waals surface area contributed by atoms with Gasteiger partial charge in [-0.15, -0.1) is 0 Å². The highest BCUT2D eigenvalue weighted by Gasteiger charge is 2.57. The first-order chi connectivity index (χ1) is 11.4. The van der Waals surface area contributed by atoms with Gasteiger partial charge < -0.3 is 15.4 Å². The molecule has 2 aliphatic rings. The standard InChI is InChI=1S/C17H21F3N2O2/c18-17(19,20)11-24-13-3-1-12(2-4-13)10-22-15(23)14-9-16(14)5-7-21-8-6-16/h1-4,14,21H,5-11H2,(H,22,23). The van der Waals surface area contributed by atoms with Crippen LogP contribution in [0.5, 0.6) is 5.75 Å². The van der Waals surface area contributed by atoms with Crippen LogP contribution >= 0.6 is 0 Å². The van der Waals surface area contributed by atoms with Gasteiger partial charge in [0.25, 0.3) is 0 Å². The maximum absolute atomic E-state index is 12.3. The van der Waals surface area contributed by atoms with E-state index in [0.29, 0.717) is 6.54 Å². The SMILES string of the molecule is O=C(NCc1ccc(OCC(F)(F)F)cc1)C1CC12CCNCC2. The van der Waals surface area contributed by atoms with Gasteiger partial charge in [-0.2, -0.15) is 13.2 Å². The van der Waals surface area contributed by atoms with Gasteiger partial charge in [0, 0.05) is 12.5 Å². The van der Waals surface area contributed by atoms with Crippen molar-refractivity contribution in [2.45, 2.75) is 32.0 Å². The molecular weight excluding hydrogens is 321 g/mol. The number of halogens is 3. The lowest BCUT2D eigenvalue weighted by Gasteiger charge is -2.23. The Bertz CT molecular complexity index is 580. The van der Waals surface area contributed by atoms with Gasteiger partial charge in [-0.25, -0.2) is 0 Å². The molecule has 1 aliphatic heterocycles. The number of amides is 1. The Labute approximate surface area is 138 Å². The summed E-state index contributed by atoms with van der Waals surface area (Å²) in [6.07, 6.45) is -1.28. The van der Waals surface area contributed by atoms with Crippen LogP contribution in [-0.4, -0.2) is 31.8 Å². The second kappa shape index (κ2) is 6.63. The predicted molar refractivity (Wildman–Crippen MR) is 82.5 cm³/mol. The fraction of sp³-hybridized carbons (Fsp3) is 0.588. The molecule has 1 unspecified atom stereocenters. The molecule has 1 aromatic carbocycles. The lowest BCUT2D eigenvalue weighted by molar-refractivity contribution is -0.153. The summed E-state index contributed by atoms with van der Waals surface area (Å²) in [5, 5.41) is 6.24. The first kappa shape index (κ1) is 17.1. The fourth-order valence-electron chi connectivity index (χ4n) is 3.38. The number of carbonyl (C=O) groups excluding carboxylic acids is 1. The Hall–Kier alpha value is -1.76. The van der Waals surface area contributed by atoms with Crippen LogP contribution in [0.15, 0.2) is 24.3 Å². The topological polar surface area (TPSA) is 50.4 Å². The average molecular weight is 342 g/mol. The van der Waals surface area contributed by atoms with Crippen molar-refractivity contribution in [1.82, 2.24) is 10.6 Å². The van der Waals surface area contributed by atoms with Crippen molar-refractivity contribution in [3.05, 3.63) is 29.8 Å². The number of piperidine rings is 1. The highest BCUT2D eigenvalue weighted by molar-refractivity contribution is 5.82. The monoisotopic (exact) mass is 342 g/mol. The number of hydrogen-bond donors (Lipinski definition) is 2. The summed E-state index contributed by atoms with van der Waals surface area (Å²) in [6.45, 7) is 1.03. The number of hydrogen-bond acceptors (Lipinski definition) is 3. The van der Waals surface area contributed by atoms with E-state index in [1.807, 2.05) is 0 Å². The number of carbonyl (C=O) groups is 1. The van der Waals surface area contributed by atoms with Crippen molar-refractivity contribution in [3.63, 3.8) is 0 Å². The van der Waals surface area contributed by atoms with Gasteiger partial charge >= 0.3 is 6.18 Å². The molecule has 2 fully saturated rings. The Kier molecular flexibility index (Phi) is 4.71. The van der Waals surface area contributed by atoms with Crippen molar-refractivity contribution >= 4 is 5.91 Å². The van der Waals surface area contributed by atoms with E-state index in [1.165, 1.54) is 12.1 Å².